The highest BCUT2D eigenvalue weighted by molar-refractivity contribution is 6.58. The Labute approximate surface area is 118 Å². The second kappa shape index (κ2) is 5.67. The van der Waals surface area contributed by atoms with Crippen LogP contribution in [0, 0.1) is 13.8 Å². The Morgan fingerprint density at radius 2 is 1.40 bits per heavy atom. The van der Waals surface area contributed by atoms with Crippen molar-refractivity contribution in [2.45, 2.75) is 20.0 Å². The predicted octanol–water partition coefficient (Wildman–Crippen LogP) is 0.771. The summed E-state index contributed by atoms with van der Waals surface area (Å²) in [6.45, 7) is 3.56. The summed E-state index contributed by atoms with van der Waals surface area (Å²) >= 11 is 0. The summed E-state index contributed by atoms with van der Waals surface area (Å²) < 4.78 is 0. The maximum Gasteiger partial charge on any atom is 0.488 e. The smallest absolute Gasteiger partial charge is 0.488 e. The van der Waals surface area contributed by atoms with Gasteiger partial charge in [-0.2, -0.15) is 0 Å². The number of phenolic OH excluding ortho intramolecular Hbond substituents is 1. The lowest BCUT2D eigenvalue weighted by molar-refractivity contribution is 0.220. The zero-order valence-corrected chi connectivity index (χ0v) is 11.4. The number of benzene rings is 2. The molecule has 0 bridgehead atoms. The number of aryl methyl sites for hydroxylation is 2. The van der Waals surface area contributed by atoms with Gasteiger partial charge in [0.15, 0.2) is 0 Å². The normalized spacial score (nSPS) is 12.2. The van der Waals surface area contributed by atoms with Gasteiger partial charge in [0.25, 0.3) is 0 Å². The number of aliphatic hydroxyl groups is 1. The Balaban J connectivity index is 2.33. The van der Waals surface area contributed by atoms with E-state index in [2.05, 4.69) is 0 Å². The second-order valence-corrected chi connectivity index (χ2v) is 4.95. The molecule has 2 aromatic rings. The molecule has 5 heteroatoms. The molecule has 4 nitrogen and oxygen atoms in total. The molecule has 0 aromatic heterocycles. The first kappa shape index (κ1) is 14.6. The molecular weight excluding hydrogens is 255 g/mol. The minimum atomic E-state index is -1.51. The van der Waals surface area contributed by atoms with Crippen LogP contribution in [0.4, 0.5) is 0 Å². The molecule has 0 fully saturated rings. The summed E-state index contributed by atoms with van der Waals surface area (Å²) in [5.41, 5.74) is 3.14. The third kappa shape index (κ3) is 2.85. The highest BCUT2D eigenvalue weighted by Crippen LogP contribution is 2.29. The molecule has 1 atom stereocenters. The first-order valence-corrected chi connectivity index (χ1v) is 6.34. The summed E-state index contributed by atoms with van der Waals surface area (Å²) in [6.07, 6.45) is -0.821. The lowest BCUT2D eigenvalue weighted by Crippen LogP contribution is -2.29. The number of hydrogen-bond acceptors (Lipinski definition) is 4. The van der Waals surface area contributed by atoms with Crippen molar-refractivity contribution in [3.05, 3.63) is 58.7 Å². The van der Waals surface area contributed by atoms with Gasteiger partial charge in [-0.15, -0.1) is 0 Å². The standard InChI is InChI=1S/C15H17BO4/c1-9-7-12(8-10(2)14(9)17)15(18)11-3-5-13(6-4-11)16(19)20/h3-8,15,17-20H,1-2H3. The molecule has 0 aliphatic heterocycles. The molecule has 0 radical (unpaired) electrons. The SMILES string of the molecule is Cc1cc(C(O)c2ccc(B(O)O)cc2)cc(C)c1O. The van der Waals surface area contributed by atoms with Crippen LogP contribution in [0.5, 0.6) is 5.75 Å². The number of hydrogen-bond donors (Lipinski definition) is 4. The minimum Gasteiger partial charge on any atom is -0.507 e. The fraction of sp³-hybridized carbons (Fsp3) is 0.200. The molecule has 4 N–H and O–H groups in total. The van der Waals surface area contributed by atoms with Crippen LogP contribution in [-0.4, -0.2) is 27.4 Å². The first-order valence-electron chi connectivity index (χ1n) is 6.34. The van der Waals surface area contributed by atoms with Crippen molar-refractivity contribution in [3.8, 4) is 5.75 Å². The Hall–Kier alpha value is -1.82. The average Bonchev–Trinajstić information content (AvgIpc) is 2.43. The van der Waals surface area contributed by atoms with Crippen LogP contribution in [-0.2, 0) is 0 Å². The van der Waals surface area contributed by atoms with Gasteiger partial charge in [-0.3, -0.25) is 0 Å². The van der Waals surface area contributed by atoms with E-state index in [1.165, 1.54) is 0 Å². The van der Waals surface area contributed by atoms with E-state index in [0.29, 0.717) is 27.7 Å². The minimum absolute atomic E-state index is 0.236. The fourth-order valence-corrected chi connectivity index (χ4v) is 2.19. The summed E-state index contributed by atoms with van der Waals surface area (Å²) in [6, 6.07) is 9.89. The zero-order chi connectivity index (χ0) is 14.9. The Bertz CT molecular complexity index is 585. The molecule has 0 aliphatic rings. The molecule has 20 heavy (non-hydrogen) atoms. The molecule has 1 unspecified atom stereocenters. The highest BCUT2D eigenvalue weighted by atomic mass is 16.4. The lowest BCUT2D eigenvalue weighted by Gasteiger charge is -2.15. The monoisotopic (exact) mass is 272 g/mol. The number of rotatable bonds is 3. The van der Waals surface area contributed by atoms with Crippen molar-refractivity contribution in [1.29, 1.82) is 0 Å². The lowest BCUT2D eigenvalue weighted by atomic mass is 9.79. The maximum absolute atomic E-state index is 10.4. The largest absolute Gasteiger partial charge is 0.507 e. The van der Waals surface area contributed by atoms with Crippen molar-refractivity contribution in [3.63, 3.8) is 0 Å². The summed E-state index contributed by atoms with van der Waals surface area (Å²) in [5, 5.41) is 38.2. The van der Waals surface area contributed by atoms with Gasteiger partial charge >= 0.3 is 7.12 Å². The van der Waals surface area contributed by atoms with E-state index in [1.807, 2.05) is 0 Å². The van der Waals surface area contributed by atoms with Crippen LogP contribution in [0.1, 0.15) is 28.4 Å². The summed E-state index contributed by atoms with van der Waals surface area (Å²) in [7, 11) is -1.51. The van der Waals surface area contributed by atoms with Gasteiger partial charge in [-0.05, 0) is 53.7 Å². The average molecular weight is 272 g/mol. The second-order valence-electron chi connectivity index (χ2n) is 4.95. The van der Waals surface area contributed by atoms with Crippen LogP contribution in [0.15, 0.2) is 36.4 Å². The highest BCUT2D eigenvalue weighted by Gasteiger charge is 2.15. The maximum atomic E-state index is 10.4. The molecular formula is C15H17BO4. The van der Waals surface area contributed by atoms with Crippen LogP contribution in [0.2, 0.25) is 0 Å². The first-order chi connectivity index (χ1) is 9.40. The number of aromatic hydroxyl groups is 1. The van der Waals surface area contributed by atoms with Crippen LogP contribution >= 0.6 is 0 Å². The molecule has 104 valence electrons. The summed E-state index contributed by atoms with van der Waals surface area (Å²) in [5.74, 6) is 0.236. The van der Waals surface area contributed by atoms with E-state index in [0.717, 1.165) is 0 Å². The van der Waals surface area contributed by atoms with Gasteiger partial charge in [0.1, 0.15) is 11.9 Å². The Kier molecular flexibility index (Phi) is 4.13. The Morgan fingerprint density at radius 1 is 0.900 bits per heavy atom. The van der Waals surface area contributed by atoms with E-state index >= 15 is 0 Å². The van der Waals surface area contributed by atoms with Crippen LogP contribution < -0.4 is 5.46 Å². The van der Waals surface area contributed by atoms with Gasteiger partial charge in [0, 0.05) is 0 Å². The van der Waals surface area contributed by atoms with Crippen molar-refractivity contribution in [2.75, 3.05) is 0 Å². The predicted molar refractivity (Wildman–Crippen MR) is 77.9 cm³/mol. The molecule has 0 heterocycles. The van der Waals surface area contributed by atoms with Gasteiger partial charge in [-0.1, -0.05) is 24.3 Å². The van der Waals surface area contributed by atoms with Crippen molar-refractivity contribution in [1.82, 2.24) is 0 Å². The molecule has 0 saturated heterocycles. The van der Waals surface area contributed by atoms with E-state index < -0.39 is 13.2 Å². The third-order valence-electron chi connectivity index (χ3n) is 3.38. The number of phenols is 1. The van der Waals surface area contributed by atoms with E-state index in [1.54, 1.807) is 50.2 Å². The van der Waals surface area contributed by atoms with Crippen molar-refractivity contribution < 1.29 is 20.3 Å². The molecule has 0 spiro atoms. The van der Waals surface area contributed by atoms with Crippen molar-refractivity contribution >= 4 is 12.6 Å². The van der Waals surface area contributed by atoms with Gasteiger partial charge < -0.3 is 20.3 Å². The molecule has 2 rings (SSSR count). The topological polar surface area (TPSA) is 80.9 Å². The fourth-order valence-electron chi connectivity index (χ4n) is 2.19. The van der Waals surface area contributed by atoms with Crippen LogP contribution in [0.3, 0.4) is 0 Å². The zero-order valence-electron chi connectivity index (χ0n) is 11.4. The molecule has 0 amide bonds. The van der Waals surface area contributed by atoms with E-state index in [9.17, 15) is 10.2 Å². The van der Waals surface area contributed by atoms with Gasteiger partial charge in [0.2, 0.25) is 0 Å². The molecule has 2 aromatic carbocycles. The molecule has 0 aliphatic carbocycles. The quantitative estimate of drug-likeness (QED) is 0.622. The van der Waals surface area contributed by atoms with E-state index in [4.69, 9.17) is 10.0 Å². The van der Waals surface area contributed by atoms with Crippen molar-refractivity contribution in [2.24, 2.45) is 0 Å². The van der Waals surface area contributed by atoms with E-state index in [-0.39, 0.29) is 5.75 Å². The van der Waals surface area contributed by atoms with Crippen LogP contribution in [0.25, 0.3) is 0 Å². The third-order valence-corrected chi connectivity index (χ3v) is 3.38. The molecule has 0 saturated carbocycles. The van der Waals surface area contributed by atoms with Gasteiger partial charge in [-0.25, -0.2) is 0 Å². The number of aliphatic hydroxyl groups excluding tert-OH is 1. The van der Waals surface area contributed by atoms with Gasteiger partial charge in [0.05, 0.1) is 0 Å². The summed E-state index contributed by atoms with van der Waals surface area (Å²) in [4.78, 5) is 0. The Morgan fingerprint density at radius 3 is 1.85 bits per heavy atom.